The number of hydrogen-bond donors (Lipinski definition) is 1. The third-order valence-electron chi connectivity index (χ3n) is 5.18. The van der Waals surface area contributed by atoms with Gasteiger partial charge in [-0.25, -0.2) is 4.79 Å². The van der Waals surface area contributed by atoms with Crippen molar-refractivity contribution in [1.29, 1.82) is 0 Å². The van der Waals surface area contributed by atoms with Gasteiger partial charge in [-0.05, 0) is 42.8 Å². The van der Waals surface area contributed by atoms with Gasteiger partial charge in [0.25, 0.3) is 5.91 Å². The van der Waals surface area contributed by atoms with Gasteiger partial charge in [0.2, 0.25) is 5.91 Å². The molecular weight excluding hydrogens is 483 g/mol. The van der Waals surface area contributed by atoms with Gasteiger partial charge >= 0.3 is 11.9 Å². The van der Waals surface area contributed by atoms with E-state index in [1.165, 1.54) is 4.90 Å². The Morgan fingerprint density at radius 3 is 2.53 bits per heavy atom. The molecule has 1 heterocycles. The number of anilines is 2. The number of unbranched alkanes of at least 4 members (excludes halogenated alkanes) is 1. The summed E-state index contributed by atoms with van der Waals surface area (Å²) in [4.78, 5) is 50.5. The number of hydrogen-bond acceptors (Lipinski definition) is 6. The molecular formula is C24H24Cl2N2O6. The summed E-state index contributed by atoms with van der Waals surface area (Å²) in [5, 5.41) is 2.98. The molecule has 1 atom stereocenters. The maximum atomic E-state index is 12.5. The Kier molecular flexibility index (Phi) is 8.90. The highest BCUT2D eigenvalue weighted by Crippen LogP contribution is 2.29. The van der Waals surface area contributed by atoms with Crippen LogP contribution in [0.15, 0.2) is 42.5 Å². The van der Waals surface area contributed by atoms with E-state index in [9.17, 15) is 19.2 Å². The summed E-state index contributed by atoms with van der Waals surface area (Å²) in [5.41, 5.74) is 1.24. The van der Waals surface area contributed by atoms with Crippen LogP contribution in [0.5, 0.6) is 0 Å². The van der Waals surface area contributed by atoms with E-state index in [-0.39, 0.29) is 28.9 Å². The van der Waals surface area contributed by atoms with Crippen molar-refractivity contribution in [3.05, 3.63) is 58.1 Å². The molecule has 0 aromatic heterocycles. The minimum atomic E-state index is -0.714. The zero-order valence-electron chi connectivity index (χ0n) is 18.5. The third kappa shape index (κ3) is 6.48. The molecule has 8 nitrogen and oxygen atoms in total. The van der Waals surface area contributed by atoms with Crippen molar-refractivity contribution >= 4 is 58.3 Å². The zero-order valence-corrected chi connectivity index (χ0v) is 20.0. The quantitative estimate of drug-likeness (QED) is 0.397. The molecule has 0 radical (unpaired) electrons. The zero-order chi connectivity index (χ0) is 24.7. The molecule has 1 saturated heterocycles. The third-order valence-corrected chi connectivity index (χ3v) is 5.99. The van der Waals surface area contributed by atoms with Crippen molar-refractivity contribution < 1.29 is 28.7 Å². The van der Waals surface area contributed by atoms with Crippen molar-refractivity contribution in [2.45, 2.75) is 26.2 Å². The van der Waals surface area contributed by atoms with Gasteiger partial charge in [0.15, 0.2) is 6.61 Å². The number of rotatable bonds is 9. The Morgan fingerprint density at radius 2 is 1.82 bits per heavy atom. The normalized spacial score (nSPS) is 15.2. The first-order valence-corrected chi connectivity index (χ1v) is 11.5. The lowest BCUT2D eigenvalue weighted by molar-refractivity contribution is -0.151. The maximum Gasteiger partial charge on any atom is 0.338 e. The Morgan fingerprint density at radius 1 is 1.09 bits per heavy atom. The number of carbonyl (C=O) groups is 4. The van der Waals surface area contributed by atoms with E-state index in [2.05, 4.69) is 5.32 Å². The summed E-state index contributed by atoms with van der Waals surface area (Å²) in [6.45, 7) is 1.95. The molecule has 3 rings (SSSR count). The van der Waals surface area contributed by atoms with Crippen LogP contribution in [-0.4, -0.2) is 43.5 Å². The molecule has 0 bridgehead atoms. The van der Waals surface area contributed by atoms with Gasteiger partial charge < -0.3 is 19.7 Å². The van der Waals surface area contributed by atoms with E-state index >= 15 is 0 Å². The smallest absolute Gasteiger partial charge is 0.338 e. The molecule has 0 spiro atoms. The van der Waals surface area contributed by atoms with Crippen LogP contribution >= 0.6 is 23.2 Å². The predicted molar refractivity (Wildman–Crippen MR) is 128 cm³/mol. The molecule has 2 aromatic carbocycles. The standard InChI is InChI=1S/C24H24Cl2N2O6/c1-2-3-11-33-23(31)15-7-9-17(10-8-15)28-13-16(12-21(28)30)24(32)34-14-20(29)27-19-6-4-5-18(25)22(19)26/h4-10,16H,2-3,11-14H2,1H3,(H,27,29)/t16-/m0/s1. The molecule has 2 aromatic rings. The van der Waals surface area contributed by atoms with Gasteiger partial charge in [-0.15, -0.1) is 0 Å². The molecule has 1 fully saturated rings. The second-order valence-corrected chi connectivity index (χ2v) is 8.48. The number of amides is 2. The van der Waals surface area contributed by atoms with E-state index in [0.717, 1.165) is 12.8 Å². The van der Waals surface area contributed by atoms with E-state index in [1.807, 2.05) is 6.92 Å². The molecule has 1 N–H and O–H groups in total. The molecule has 1 aliphatic heterocycles. The average Bonchev–Trinajstić information content (AvgIpc) is 3.22. The van der Waals surface area contributed by atoms with Gasteiger partial charge in [0, 0.05) is 18.7 Å². The van der Waals surface area contributed by atoms with E-state index in [0.29, 0.717) is 23.5 Å². The Hall–Kier alpha value is -3.10. The Balaban J connectivity index is 1.51. The topological polar surface area (TPSA) is 102 Å². The summed E-state index contributed by atoms with van der Waals surface area (Å²) in [5.74, 6) is -2.63. The minimum Gasteiger partial charge on any atom is -0.462 e. The summed E-state index contributed by atoms with van der Waals surface area (Å²) >= 11 is 11.9. The van der Waals surface area contributed by atoms with Crippen LogP contribution in [0, 0.1) is 5.92 Å². The average molecular weight is 507 g/mol. The minimum absolute atomic E-state index is 0.0403. The SMILES string of the molecule is CCCCOC(=O)c1ccc(N2C[C@@H](C(=O)OCC(=O)Nc3cccc(Cl)c3Cl)CC2=O)cc1. The largest absolute Gasteiger partial charge is 0.462 e. The Labute approximate surface area is 207 Å². The first-order chi connectivity index (χ1) is 16.3. The van der Waals surface area contributed by atoms with Gasteiger partial charge in [-0.3, -0.25) is 14.4 Å². The second-order valence-electron chi connectivity index (χ2n) is 7.70. The summed E-state index contributed by atoms with van der Waals surface area (Å²) in [6.07, 6.45) is 1.68. The number of halogens is 2. The fraction of sp³-hybridized carbons (Fsp3) is 0.333. The van der Waals surface area contributed by atoms with Gasteiger partial charge in [0.1, 0.15) is 0 Å². The number of nitrogens with zero attached hydrogens (tertiary/aromatic N) is 1. The monoisotopic (exact) mass is 506 g/mol. The molecule has 1 aliphatic rings. The molecule has 0 saturated carbocycles. The van der Waals surface area contributed by atoms with Crippen LogP contribution in [0.2, 0.25) is 10.0 Å². The van der Waals surface area contributed by atoms with Crippen molar-refractivity contribution in [2.24, 2.45) is 5.92 Å². The van der Waals surface area contributed by atoms with E-state index in [1.54, 1.807) is 42.5 Å². The molecule has 10 heteroatoms. The van der Waals surface area contributed by atoms with Gasteiger partial charge in [-0.2, -0.15) is 0 Å². The summed E-state index contributed by atoms with van der Waals surface area (Å²) in [7, 11) is 0. The lowest BCUT2D eigenvalue weighted by Gasteiger charge is -2.17. The molecule has 34 heavy (non-hydrogen) atoms. The lowest BCUT2D eigenvalue weighted by Crippen LogP contribution is -2.28. The highest BCUT2D eigenvalue weighted by Gasteiger charge is 2.36. The summed E-state index contributed by atoms with van der Waals surface area (Å²) < 4.78 is 10.3. The highest BCUT2D eigenvalue weighted by molar-refractivity contribution is 6.44. The van der Waals surface area contributed by atoms with Crippen molar-refractivity contribution in [3.63, 3.8) is 0 Å². The van der Waals surface area contributed by atoms with Crippen LogP contribution in [0.25, 0.3) is 0 Å². The first kappa shape index (κ1) is 25.5. The maximum absolute atomic E-state index is 12.5. The fourth-order valence-electron chi connectivity index (χ4n) is 3.33. The van der Waals surface area contributed by atoms with Crippen LogP contribution in [-0.2, 0) is 23.9 Å². The van der Waals surface area contributed by atoms with Crippen molar-refractivity contribution in [2.75, 3.05) is 30.0 Å². The number of benzene rings is 2. The fourth-order valence-corrected chi connectivity index (χ4v) is 3.67. The van der Waals surface area contributed by atoms with E-state index < -0.39 is 30.4 Å². The highest BCUT2D eigenvalue weighted by atomic mass is 35.5. The van der Waals surface area contributed by atoms with Crippen molar-refractivity contribution in [1.82, 2.24) is 0 Å². The molecule has 180 valence electrons. The first-order valence-electron chi connectivity index (χ1n) is 10.8. The number of esters is 2. The molecule has 0 unspecified atom stereocenters. The number of nitrogens with one attached hydrogen (secondary N) is 1. The van der Waals surface area contributed by atoms with Crippen LogP contribution < -0.4 is 10.2 Å². The van der Waals surface area contributed by atoms with Crippen molar-refractivity contribution in [3.8, 4) is 0 Å². The second kappa shape index (κ2) is 11.9. The van der Waals surface area contributed by atoms with Gasteiger partial charge in [0.05, 0.1) is 33.8 Å². The number of carbonyl (C=O) groups excluding carboxylic acids is 4. The van der Waals surface area contributed by atoms with Crippen LogP contribution in [0.1, 0.15) is 36.5 Å². The molecule has 2 amide bonds. The Bertz CT molecular complexity index is 1070. The van der Waals surface area contributed by atoms with Crippen LogP contribution in [0.3, 0.4) is 0 Å². The molecule has 0 aliphatic carbocycles. The van der Waals surface area contributed by atoms with Crippen LogP contribution in [0.4, 0.5) is 11.4 Å². The van der Waals surface area contributed by atoms with E-state index in [4.69, 9.17) is 32.7 Å². The van der Waals surface area contributed by atoms with Gasteiger partial charge in [-0.1, -0.05) is 42.6 Å². The number of ether oxygens (including phenoxy) is 2. The summed E-state index contributed by atoms with van der Waals surface area (Å²) in [6, 6.07) is 11.2. The predicted octanol–water partition coefficient (Wildman–Crippen LogP) is 4.49. The lowest BCUT2D eigenvalue weighted by atomic mass is 10.1.